The highest BCUT2D eigenvalue weighted by Gasteiger charge is 2.23. The van der Waals surface area contributed by atoms with Crippen molar-refractivity contribution in [3.63, 3.8) is 0 Å². The van der Waals surface area contributed by atoms with Crippen molar-refractivity contribution >= 4 is 5.91 Å². The Morgan fingerprint density at radius 3 is 2.48 bits per heavy atom. The summed E-state index contributed by atoms with van der Waals surface area (Å²) < 4.78 is 5.36. The number of hydrogen-bond donors (Lipinski definition) is 1. The molecule has 1 aliphatic rings. The minimum atomic E-state index is 0.0530. The molecule has 0 saturated carbocycles. The first-order valence-electron chi connectivity index (χ1n) is 9.77. The third kappa shape index (κ3) is 5.10. The summed E-state index contributed by atoms with van der Waals surface area (Å²) in [6, 6.07) is 14.9. The zero-order valence-electron chi connectivity index (χ0n) is 16.6. The van der Waals surface area contributed by atoms with Gasteiger partial charge in [0, 0.05) is 6.54 Å². The summed E-state index contributed by atoms with van der Waals surface area (Å²) in [7, 11) is 1.66. The molecule has 0 spiro atoms. The van der Waals surface area contributed by atoms with Gasteiger partial charge in [-0.25, -0.2) is 0 Å². The molecule has 1 fully saturated rings. The van der Waals surface area contributed by atoms with Gasteiger partial charge in [0.1, 0.15) is 5.75 Å². The fraction of sp³-hybridized carbons (Fsp3) is 0.435. The predicted molar refractivity (Wildman–Crippen MR) is 109 cm³/mol. The molecular formula is C23H30N2O2. The fourth-order valence-corrected chi connectivity index (χ4v) is 3.73. The van der Waals surface area contributed by atoms with Crippen LogP contribution in [0, 0.1) is 13.8 Å². The van der Waals surface area contributed by atoms with Crippen molar-refractivity contribution in [2.24, 2.45) is 0 Å². The van der Waals surface area contributed by atoms with Crippen molar-refractivity contribution in [3.8, 4) is 5.75 Å². The van der Waals surface area contributed by atoms with E-state index in [9.17, 15) is 4.79 Å². The lowest BCUT2D eigenvalue weighted by atomic mass is 10.0. The van der Waals surface area contributed by atoms with E-state index >= 15 is 0 Å². The van der Waals surface area contributed by atoms with Gasteiger partial charge in [0.25, 0.3) is 0 Å². The van der Waals surface area contributed by atoms with E-state index < -0.39 is 0 Å². The maximum atomic E-state index is 12.5. The van der Waals surface area contributed by atoms with Crippen molar-refractivity contribution < 1.29 is 9.53 Å². The van der Waals surface area contributed by atoms with Gasteiger partial charge in [-0.1, -0.05) is 42.0 Å². The van der Waals surface area contributed by atoms with Gasteiger partial charge in [-0.2, -0.15) is 0 Å². The van der Waals surface area contributed by atoms with E-state index in [0.717, 1.165) is 30.0 Å². The third-order valence-corrected chi connectivity index (χ3v) is 5.37. The largest absolute Gasteiger partial charge is 0.496 e. The van der Waals surface area contributed by atoms with E-state index in [-0.39, 0.29) is 11.9 Å². The standard InChI is InChI=1S/C23H30N2O2/c1-17-6-10-20(11-7-17)21(25-12-4-5-13-25)16-24-23(26)15-19-9-8-18(2)22(14-19)27-3/h6-11,14,21H,4-5,12-13,15-16H2,1-3H3,(H,24,26). The number of carbonyl (C=O) groups excluding carboxylic acids is 1. The Hall–Kier alpha value is -2.33. The van der Waals surface area contributed by atoms with Crippen LogP contribution in [0.4, 0.5) is 0 Å². The number of methoxy groups -OCH3 is 1. The first kappa shape index (κ1) is 19.4. The molecule has 4 nitrogen and oxygen atoms in total. The Kier molecular flexibility index (Phi) is 6.51. The second kappa shape index (κ2) is 9.05. The molecule has 0 bridgehead atoms. The summed E-state index contributed by atoms with van der Waals surface area (Å²) in [5.41, 5.74) is 4.59. The second-order valence-corrected chi connectivity index (χ2v) is 7.45. The van der Waals surface area contributed by atoms with Crippen LogP contribution >= 0.6 is 0 Å². The number of hydrogen-bond acceptors (Lipinski definition) is 3. The molecule has 2 aromatic rings. The van der Waals surface area contributed by atoms with Gasteiger partial charge < -0.3 is 10.1 Å². The molecule has 144 valence electrons. The van der Waals surface area contributed by atoms with Crippen LogP contribution in [0.25, 0.3) is 0 Å². The summed E-state index contributed by atoms with van der Waals surface area (Å²) in [5.74, 6) is 0.882. The first-order valence-corrected chi connectivity index (χ1v) is 9.77. The monoisotopic (exact) mass is 366 g/mol. The van der Waals surface area contributed by atoms with E-state index in [0.29, 0.717) is 13.0 Å². The molecule has 1 heterocycles. The summed E-state index contributed by atoms with van der Waals surface area (Å²) in [4.78, 5) is 15.0. The minimum absolute atomic E-state index is 0.0530. The van der Waals surface area contributed by atoms with E-state index in [1.54, 1.807) is 7.11 Å². The Morgan fingerprint density at radius 2 is 1.81 bits per heavy atom. The lowest BCUT2D eigenvalue weighted by Crippen LogP contribution is -2.37. The molecule has 1 amide bonds. The number of likely N-dealkylation sites (tertiary alicyclic amines) is 1. The predicted octanol–water partition coefficient (Wildman–Crippen LogP) is 3.81. The summed E-state index contributed by atoms with van der Waals surface area (Å²) >= 11 is 0. The smallest absolute Gasteiger partial charge is 0.224 e. The topological polar surface area (TPSA) is 41.6 Å². The van der Waals surface area contributed by atoms with Crippen molar-refractivity contribution in [3.05, 3.63) is 64.7 Å². The van der Waals surface area contributed by atoms with E-state index in [4.69, 9.17) is 4.74 Å². The highest BCUT2D eigenvalue weighted by atomic mass is 16.5. The average Bonchev–Trinajstić information content (AvgIpc) is 3.19. The van der Waals surface area contributed by atoms with Gasteiger partial charge in [0.05, 0.1) is 19.6 Å². The maximum absolute atomic E-state index is 12.5. The molecule has 4 heteroatoms. The number of amides is 1. The van der Waals surface area contributed by atoms with E-state index in [1.807, 2.05) is 25.1 Å². The summed E-state index contributed by atoms with van der Waals surface area (Å²) in [6.07, 6.45) is 2.84. The number of aryl methyl sites for hydroxylation is 2. The SMILES string of the molecule is COc1cc(CC(=O)NCC(c2ccc(C)cc2)N2CCCC2)ccc1C. The molecule has 1 atom stereocenters. The van der Waals surface area contributed by atoms with Gasteiger partial charge in [-0.15, -0.1) is 0 Å². The van der Waals surface area contributed by atoms with Crippen LogP contribution in [-0.4, -0.2) is 37.6 Å². The Balaban J connectivity index is 1.64. The summed E-state index contributed by atoms with van der Waals surface area (Å²) in [6.45, 7) is 6.95. The first-order chi connectivity index (χ1) is 13.1. The quantitative estimate of drug-likeness (QED) is 0.810. The average molecular weight is 367 g/mol. The van der Waals surface area contributed by atoms with Crippen LogP contribution in [0.5, 0.6) is 5.75 Å². The Morgan fingerprint density at radius 1 is 1.11 bits per heavy atom. The van der Waals surface area contributed by atoms with Crippen molar-refractivity contribution in [2.45, 2.75) is 39.2 Å². The van der Waals surface area contributed by atoms with Gasteiger partial charge in [0.2, 0.25) is 5.91 Å². The molecule has 0 aromatic heterocycles. The van der Waals surface area contributed by atoms with Crippen LogP contribution in [0.3, 0.4) is 0 Å². The second-order valence-electron chi connectivity index (χ2n) is 7.45. The number of rotatable bonds is 7. The third-order valence-electron chi connectivity index (χ3n) is 5.37. The molecular weight excluding hydrogens is 336 g/mol. The molecule has 1 unspecified atom stereocenters. The van der Waals surface area contributed by atoms with Crippen LogP contribution in [-0.2, 0) is 11.2 Å². The number of nitrogens with zero attached hydrogens (tertiary/aromatic N) is 1. The van der Waals surface area contributed by atoms with Crippen molar-refractivity contribution in [1.82, 2.24) is 10.2 Å². The van der Waals surface area contributed by atoms with Crippen LogP contribution in [0.15, 0.2) is 42.5 Å². The lowest BCUT2D eigenvalue weighted by Gasteiger charge is -2.28. The van der Waals surface area contributed by atoms with E-state index in [2.05, 4.69) is 41.4 Å². The van der Waals surface area contributed by atoms with Crippen LogP contribution < -0.4 is 10.1 Å². The fourth-order valence-electron chi connectivity index (χ4n) is 3.73. The van der Waals surface area contributed by atoms with Gasteiger partial charge in [0.15, 0.2) is 0 Å². The van der Waals surface area contributed by atoms with Crippen LogP contribution in [0.2, 0.25) is 0 Å². The molecule has 0 radical (unpaired) electrons. The van der Waals surface area contributed by atoms with Gasteiger partial charge in [-0.3, -0.25) is 9.69 Å². The number of benzene rings is 2. The molecule has 0 aliphatic carbocycles. The zero-order valence-corrected chi connectivity index (χ0v) is 16.6. The van der Waals surface area contributed by atoms with Gasteiger partial charge >= 0.3 is 0 Å². The normalized spacial score (nSPS) is 15.5. The molecule has 1 saturated heterocycles. The lowest BCUT2D eigenvalue weighted by molar-refractivity contribution is -0.120. The summed E-state index contributed by atoms with van der Waals surface area (Å²) in [5, 5.41) is 3.15. The minimum Gasteiger partial charge on any atom is -0.496 e. The Bertz CT molecular complexity index is 764. The highest BCUT2D eigenvalue weighted by molar-refractivity contribution is 5.78. The number of ether oxygens (including phenoxy) is 1. The zero-order chi connectivity index (χ0) is 19.2. The molecule has 27 heavy (non-hydrogen) atoms. The number of carbonyl (C=O) groups is 1. The Labute approximate surface area is 162 Å². The van der Waals surface area contributed by atoms with Crippen molar-refractivity contribution in [2.75, 3.05) is 26.7 Å². The maximum Gasteiger partial charge on any atom is 0.224 e. The van der Waals surface area contributed by atoms with Gasteiger partial charge in [-0.05, 0) is 62.5 Å². The molecule has 3 rings (SSSR count). The van der Waals surface area contributed by atoms with Crippen molar-refractivity contribution in [1.29, 1.82) is 0 Å². The molecule has 2 aromatic carbocycles. The van der Waals surface area contributed by atoms with Crippen LogP contribution in [0.1, 0.15) is 41.1 Å². The van der Waals surface area contributed by atoms with E-state index in [1.165, 1.54) is 24.0 Å². The molecule has 1 N–H and O–H groups in total. The highest BCUT2D eigenvalue weighted by Crippen LogP contribution is 2.25. The number of nitrogens with one attached hydrogen (secondary N) is 1. The molecule has 1 aliphatic heterocycles.